The molecule has 1 aromatic rings. The Labute approximate surface area is 115 Å². The zero-order valence-corrected chi connectivity index (χ0v) is 11.3. The maximum absolute atomic E-state index is 11.2. The summed E-state index contributed by atoms with van der Waals surface area (Å²) in [7, 11) is 0. The highest BCUT2D eigenvalue weighted by atomic mass is 35.5. The fourth-order valence-corrected chi connectivity index (χ4v) is 2.01. The Bertz CT molecular complexity index is 463. The number of hydrogen-bond acceptors (Lipinski definition) is 3. The molecule has 0 aliphatic rings. The molecule has 0 radical (unpaired) electrons. The van der Waals surface area contributed by atoms with Gasteiger partial charge in [-0.05, 0) is 18.6 Å². The first-order valence-corrected chi connectivity index (χ1v) is 6.15. The van der Waals surface area contributed by atoms with Crippen molar-refractivity contribution in [1.29, 1.82) is 0 Å². The lowest BCUT2D eigenvalue weighted by Gasteiger charge is -2.17. The summed E-state index contributed by atoms with van der Waals surface area (Å²) in [5.74, 6) is -0.465. The Morgan fingerprint density at radius 2 is 2.17 bits per heavy atom. The van der Waals surface area contributed by atoms with E-state index in [0.29, 0.717) is 17.7 Å². The number of amides is 1. The molecule has 0 fully saturated rings. The molecule has 18 heavy (non-hydrogen) atoms. The van der Waals surface area contributed by atoms with Crippen LogP contribution in [0.3, 0.4) is 0 Å². The average Bonchev–Trinajstić information content (AvgIpc) is 2.30. The van der Waals surface area contributed by atoms with Gasteiger partial charge in [-0.25, -0.2) is 0 Å². The van der Waals surface area contributed by atoms with Crippen molar-refractivity contribution in [2.45, 2.75) is 25.9 Å². The molecule has 1 aromatic carbocycles. The fourth-order valence-electron chi connectivity index (χ4n) is 1.46. The molecule has 1 rings (SSSR count). The van der Waals surface area contributed by atoms with E-state index in [4.69, 9.17) is 33.7 Å². The van der Waals surface area contributed by atoms with Crippen molar-refractivity contribution in [2.24, 2.45) is 5.73 Å². The lowest BCUT2D eigenvalue weighted by atomic mass is 10.2. The predicted molar refractivity (Wildman–Crippen MR) is 70.4 cm³/mol. The summed E-state index contributed by atoms with van der Waals surface area (Å²) in [5, 5.41) is 0.493. The number of aldehydes is 1. The van der Waals surface area contributed by atoms with Gasteiger partial charge in [-0.15, -0.1) is 0 Å². The number of hydrogen-bond donors (Lipinski definition) is 1. The van der Waals surface area contributed by atoms with Gasteiger partial charge in [0.1, 0.15) is 5.75 Å². The third-order valence-corrected chi connectivity index (χ3v) is 2.79. The first-order valence-electron chi connectivity index (χ1n) is 5.39. The molecule has 1 amide bonds. The van der Waals surface area contributed by atoms with Crippen LogP contribution >= 0.6 is 23.2 Å². The second-order valence-corrected chi connectivity index (χ2v) is 4.56. The van der Waals surface area contributed by atoms with Gasteiger partial charge in [0.2, 0.25) is 0 Å². The van der Waals surface area contributed by atoms with E-state index in [1.165, 1.54) is 12.1 Å². The van der Waals surface area contributed by atoms with E-state index in [-0.39, 0.29) is 16.3 Å². The number of benzene rings is 1. The van der Waals surface area contributed by atoms with Crippen molar-refractivity contribution in [1.82, 2.24) is 0 Å². The van der Waals surface area contributed by atoms with Crippen molar-refractivity contribution >= 4 is 35.4 Å². The van der Waals surface area contributed by atoms with E-state index in [1.54, 1.807) is 0 Å². The number of rotatable bonds is 6. The van der Waals surface area contributed by atoms with Crippen LogP contribution in [0, 0.1) is 0 Å². The predicted octanol–water partition coefficient (Wildman–Crippen LogP) is 2.84. The summed E-state index contributed by atoms with van der Waals surface area (Å²) >= 11 is 11.7. The SMILES string of the molecule is CCCC(Oc1c(Cl)cc(Cl)cc1C=O)C(N)=O. The van der Waals surface area contributed by atoms with Gasteiger partial charge in [0, 0.05) is 5.02 Å². The number of carbonyl (C=O) groups excluding carboxylic acids is 2. The second kappa shape index (κ2) is 6.61. The zero-order valence-electron chi connectivity index (χ0n) is 9.78. The van der Waals surface area contributed by atoms with Gasteiger partial charge >= 0.3 is 0 Å². The highest BCUT2D eigenvalue weighted by Gasteiger charge is 2.20. The van der Waals surface area contributed by atoms with Crippen molar-refractivity contribution in [3.63, 3.8) is 0 Å². The topological polar surface area (TPSA) is 69.4 Å². The summed E-state index contributed by atoms with van der Waals surface area (Å²) < 4.78 is 5.43. The largest absolute Gasteiger partial charge is 0.478 e. The molecular weight excluding hydrogens is 277 g/mol. The monoisotopic (exact) mass is 289 g/mol. The minimum atomic E-state index is -0.813. The summed E-state index contributed by atoms with van der Waals surface area (Å²) in [4.78, 5) is 22.1. The standard InChI is InChI=1S/C12H13Cl2NO3/c1-2-3-10(12(15)17)18-11-7(6-16)4-8(13)5-9(11)14/h4-6,10H,2-3H2,1H3,(H2,15,17). The maximum atomic E-state index is 11.2. The Balaban J connectivity index is 3.08. The molecule has 0 aliphatic heterocycles. The summed E-state index contributed by atoms with van der Waals surface area (Å²) in [6, 6.07) is 2.86. The molecular formula is C12H13Cl2NO3. The lowest BCUT2D eigenvalue weighted by molar-refractivity contribution is -0.125. The first kappa shape index (κ1) is 14.8. The summed E-state index contributed by atoms with van der Waals surface area (Å²) in [6.07, 6.45) is 0.922. The minimum absolute atomic E-state index is 0.133. The molecule has 0 bridgehead atoms. The molecule has 0 aliphatic carbocycles. The number of primary amides is 1. The van der Waals surface area contributed by atoms with Gasteiger partial charge < -0.3 is 10.5 Å². The summed E-state index contributed by atoms with van der Waals surface area (Å²) in [6.45, 7) is 1.89. The van der Waals surface area contributed by atoms with E-state index in [2.05, 4.69) is 0 Å². The van der Waals surface area contributed by atoms with Gasteiger partial charge in [0.05, 0.1) is 10.6 Å². The zero-order chi connectivity index (χ0) is 13.7. The van der Waals surface area contributed by atoms with Crippen molar-refractivity contribution in [3.8, 4) is 5.75 Å². The Kier molecular flexibility index (Phi) is 5.44. The van der Waals surface area contributed by atoms with E-state index >= 15 is 0 Å². The maximum Gasteiger partial charge on any atom is 0.258 e. The average molecular weight is 290 g/mol. The molecule has 6 heteroatoms. The van der Waals surface area contributed by atoms with Gasteiger partial charge in [0.25, 0.3) is 5.91 Å². The second-order valence-electron chi connectivity index (χ2n) is 3.72. The highest BCUT2D eigenvalue weighted by Crippen LogP contribution is 2.32. The van der Waals surface area contributed by atoms with Crippen LogP contribution in [0.25, 0.3) is 0 Å². The quantitative estimate of drug-likeness (QED) is 0.819. The molecule has 0 heterocycles. The molecule has 1 atom stereocenters. The molecule has 4 nitrogen and oxygen atoms in total. The third-order valence-electron chi connectivity index (χ3n) is 2.29. The Morgan fingerprint density at radius 3 is 2.67 bits per heavy atom. The van der Waals surface area contributed by atoms with Crippen molar-refractivity contribution < 1.29 is 14.3 Å². The normalized spacial score (nSPS) is 11.9. The van der Waals surface area contributed by atoms with Crippen molar-refractivity contribution in [3.05, 3.63) is 27.7 Å². The fraction of sp³-hybridized carbons (Fsp3) is 0.333. The molecule has 98 valence electrons. The molecule has 0 saturated heterocycles. The van der Waals surface area contributed by atoms with Crippen LogP contribution in [-0.2, 0) is 4.79 Å². The van der Waals surface area contributed by atoms with E-state index in [0.717, 1.165) is 6.42 Å². The highest BCUT2D eigenvalue weighted by molar-refractivity contribution is 6.36. The first-order chi connectivity index (χ1) is 8.49. The Hall–Kier alpha value is -1.26. The number of ether oxygens (including phenoxy) is 1. The van der Waals surface area contributed by atoms with E-state index in [1.807, 2.05) is 6.92 Å². The van der Waals surface area contributed by atoms with E-state index < -0.39 is 12.0 Å². The molecule has 2 N–H and O–H groups in total. The molecule has 0 spiro atoms. The smallest absolute Gasteiger partial charge is 0.258 e. The lowest BCUT2D eigenvalue weighted by Crippen LogP contribution is -2.33. The van der Waals surface area contributed by atoms with Crippen LogP contribution in [0.15, 0.2) is 12.1 Å². The van der Waals surface area contributed by atoms with Crippen LogP contribution in [0.2, 0.25) is 10.0 Å². The molecule has 0 saturated carbocycles. The third kappa shape index (κ3) is 3.62. The number of nitrogens with two attached hydrogens (primary N) is 1. The van der Waals surface area contributed by atoms with Gasteiger partial charge in [-0.3, -0.25) is 9.59 Å². The molecule has 0 aromatic heterocycles. The number of carbonyl (C=O) groups is 2. The van der Waals surface area contributed by atoms with Crippen LogP contribution in [0.4, 0.5) is 0 Å². The number of halogens is 2. The molecule has 1 unspecified atom stereocenters. The van der Waals surface area contributed by atoms with Gasteiger partial charge in [0.15, 0.2) is 12.4 Å². The van der Waals surface area contributed by atoms with Gasteiger partial charge in [-0.1, -0.05) is 36.5 Å². The van der Waals surface area contributed by atoms with Crippen LogP contribution in [-0.4, -0.2) is 18.3 Å². The van der Waals surface area contributed by atoms with Crippen LogP contribution < -0.4 is 10.5 Å². The summed E-state index contributed by atoms with van der Waals surface area (Å²) in [5.41, 5.74) is 5.41. The van der Waals surface area contributed by atoms with Gasteiger partial charge in [-0.2, -0.15) is 0 Å². The Morgan fingerprint density at radius 1 is 1.50 bits per heavy atom. The van der Waals surface area contributed by atoms with Crippen molar-refractivity contribution in [2.75, 3.05) is 0 Å². The van der Waals surface area contributed by atoms with Crippen LogP contribution in [0.5, 0.6) is 5.75 Å². The van der Waals surface area contributed by atoms with E-state index in [9.17, 15) is 9.59 Å². The minimum Gasteiger partial charge on any atom is -0.478 e. The van der Waals surface area contributed by atoms with Crippen LogP contribution in [0.1, 0.15) is 30.1 Å².